The van der Waals surface area contributed by atoms with Gasteiger partial charge in [-0.2, -0.15) is 0 Å². The molecule has 8 heteroatoms. The maximum atomic E-state index is 6.99. The van der Waals surface area contributed by atoms with Crippen molar-refractivity contribution in [3.8, 4) is 0 Å². The average molecular weight is 364 g/mol. The van der Waals surface area contributed by atoms with Gasteiger partial charge < -0.3 is 17.2 Å². The van der Waals surface area contributed by atoms with Crippen LogP contribution in [0.3, 0.4) is 0 Å². The van der Waals surface area contributed by atoms with Crippen molar-refractivity contribution in [2.24, 2.45) is 0 Å². The maximum Gasteiger partial charge on any atom is 0.469 e. The topological polar surface area (TPSA) is 32.0 Å². The van der Waals surface area contributed by atoms with E-state index in [0.29, 0.717) is 6.54 Å². The summed E-state index contributed by atoms with van der Waals surface area (Å²) in [6.45, 7) is 27.2. The van der Waals surface area contributed by atoms with E-state index in [1.54, 1.807) is 0 Å². The molecule has 0 aromatic heterocycles. The Morgan fingerprint density at radius 1 is 0.714 bits per heavy atom. The molecule has 0 aromatic rings. The fraction of sp³-hybridized carbons (Fsp3) is 0.923. The smallest absolute Gasteiger partial charge is 0.417 e. The molecule has 0 aliphatic carbocycles. The van der Waals surface area contributed by atoms with Gasteiger partial charge in [0.15, 0.2) is 25.0 Å². The second-order valence-electron chi connectivity index (χ2n) is 8.31. The molecule has 0 bridgehead atoms. The molecule has 0 heterocycles. The molecule has 0 saturated heterocycles. The van der Waals surface area contributed by atoms with Crippen LogP contribution in [0.2, 0.25) is 65.0 Å². The summed E-state index contributed by atoms with van der Waals surface area (Å²) >= 11 is 0. The van der Waals surface area contributed by atoms with Crippen LogP contribution in [0.5, 0.6) is 0 Å². The van der Waals surface area contributed by atoms with Crippen LogP contribution in [-0.2, 0) is 12.3 Å². The van der Waals surface area contributed by atoms with Crippen LogP contribution in [0.1, 0.15) is 6.42 Å². The minimum absolute atomic E-state index is 0.522. The van der Waals surface area contributed by atoms with Gasteiger partial charge in [0.1, 0.15) is 0 Å². The van der Waals surface area contributed by atoms with E-state index in [9.17, 15) is 0 Å². The van der Waals surface area contributed by atoms with Gasteiger partial charge in [-0.05, 0) is 58.9 Å². The molecule has 0 spiro atoms. The van der Waals surface area contributed by atoms with Crippen molar-refractivity contribution < 1.29 is 12.3 Å². The molecule has 21 heavy (non-hydrogen) atoms. The zero-order valence-corrected chi connectivity index (χ0v) is 19.3. The Balaban J connectivity index is 5.42. The molecule has 4 nitrogen and oxygen atoms in total. The van der Waals surface area contributed by atoms with Gasteiger partial charge >= 0.3 is 8.80 Å². The number of nitrogens with zero attached hydrogens (tertiary/aromatic N) is 1. The summed E-state index contributed by atoms with van der Waals surface area (Å²) in [7, 11) is -8.02. The van der Waals surface area contributed by atoms with E-state index in [1.165, 1.54) is 0 Å². The summed E-state index contributed by atoms with van der Waals surface area (Å²) in [6.07, 6.45) is 0.801. The van der Waals surface area contributed by atoms with Crippen molar-refractivity contribution in [3.63, 3.8) is 0 Å². The highest BCUT2D eigenvalue weighted by Gasteiger charge is 2.49. The lowest BCUT2D eigenvalue weighted by Gasteiger charge is -2.42. The summed E-state index contributed by atoms with van der Waals surface area (Å²) in [5.74, 6) is 0. The zero-order chi connectivity index (χ0) is 16.9. The lowest BCUT2D eigenvalue weighted by molar-refractivity contribution is 0.251. The molecule has 0 aromatic carbocycles. The molecule has 0 aliphatic rings. The minimum Gasteiger partial charge on any atom is -0.417 e. The normalized spacial score (nSPS) is 14.1. The van der Waals surface area contributed by atoms with Crippen molar-refractivity contribution >= 4 is 33.8 Å². The maximum absolute atomic E-state index is 6.99. The van der Waals surface area contributed by atoms with Gasteiger partial charge in [0.05, 0.1) is 0 Å². The largest absolute Gasteiger partial charge is 0.469 e. The average Bonchev–Trinajstić information content (AvgIpc) is 2.08. The van der Waals surface area contributed by atoms with Crippen LogP contribution in [-0.4, -0.2) is 40.3 Å². The van der Waals surface area contributed by atoms with Gasteiger partial charge in [0, 0.05) is 12.5 Å². The molecular formula is C13H33NO3Si4. The molecule has 0 aliphatic heterocycles. The first-order valence-corrected chi connectivity index (χ1v) is 19.8. The highest BCUT2D eigenvalue weighted by Crippen LogP contribution is 2.29. The van der Waals surface area contributed by atoms with E-state index in [0.717, 1.165) is 12.5 Å². The Hall–Kier alpha value is 0.238. The Morgan fingerprint density at radius 2 is 1.05 bits per heavy atom. The highest BCUT2D eigenvalue weighted by atomic mass is 28.5. The van der Waals surface area contributed by atoms with Crippen LogP contribution in [0, 0.1) is 6.57 Å². The first kappa shape index (κ1) is 21.2. The van der Waals surface area contributed by atoms with Crippen molar-refractivity contribution in [2.45, 2.75) is 71.4 Å². The summed E-state index contributed by atoms with van der Waals surface area (Å²) in [4.78, 5) is 3.47. The Kier molecular flexibility index (Phi) is 7.76. The fourth-order valence-corrected chi connectivity index (χ4v) is 16.6. The lowest BCUT2D eigenvalue weighted by atomic mass is 10.5. The van der Waals surface area contributed by atoms with E-state index in [2.05, 4.69) is 63.8 Å². The van der Waals surface area contributed by atoms with Gasteiger partial charge in [-0.3, -0.25) is 0 Å². The van der Waals surface area contributed by atoms with Gasteiger partial charge in [0.2, 0.25) is 6.54 Å². The standard InChI is InChI=1S/C13H33NO3Si4/c1-14-12-11-13-21(15-18(2,3)4,16-19(5,6)7)17-20(8,9)10/h11-13H2,2-10H3. The SMILES string of the molecule is [C-]#[N+]CCC[Si](O[Si](C)(C)C)(O[Si](C)(C)C)O[Si](C)(C)C. The van der Waals surface area contributed by atoms with Gasteiger partial charge in [-0.1, -0.05) is 0 Å². The first-order chi connectivity index (χ1) is 9.18. The number of rotatable bonds is 9. The third kappa shape index (κ3) is 11.5. The second-order valence-corrected chi connectivity index (χ2v) is 25.3. The highest BCUT2D eigenvalue weighted by molar-refractivity contribution is 6.90. The van der Waals surface area contributed by atoms with Gasteiger partial charge in [0.25, 0.3) is 0 Å². The molecule has 0 radical (unpaired) electrons. The quantitative estimate of drug-likeness (QED) is 0.335. The summed E-state index contributed by atoms with van der Waals surface area (Å²) in [6, 6.07) is 0.772. The van der Waals surface area contributed by atoms with Crippen LogP contribution < -0.4 is 0 Å². The van der Waals surface area contributed by atoms with Crippen LogP contribution >= 0.6 is 0 Å². The van der Waals surface area contributed by atoms with E-state index in [4.69, 9.17) is 18.9 Å². The third-order valence-corrected chi connectivity index (χ3v) is 14.2. The molecule has 0 fully saturated rings. The lowest BCUT2D eigenvalue weighted by Crippen LogP contribution is -2.60. The molecule has 0 saturated carbocycles. The molecule has 0 amide bonds. The summed E-state index contributed by atoms with van der Waals surface area (Å²) in [5.41, 5.74) is 0. The van der Waals surface area contributed by atoms with Crippen molar-refractivity contribution in [1.29, 1.82) is 0 Å². The van der Waals surface area contributed by atoms with Crippen molar-refractivity contribution in [2.75, 3.05) is 6.54 Å². The Bertz CT molecular complexity index is 323. The molecule has 124 valence electrons. The van der Waals surface area contributed by atoms with Crippen LogP contribution in [0.15, 0.2) is 0 Å². The summed E-state index contributed by atoms with van der Waals surface area (Å²) < 4.78 is 19.6. The molecule has 0 rings (SSSR count). The van der Waals surface area contributed by atoms with Gasteiger partial charge in [-0.15, -0.1) is 0 Å². The van der Waals surface area contributed by atoms with E-state index >= 15 is 0 Å². The second kappa shape index (κ2) is 7.68. The predicted octanol–water partition coefficient (Wildman–Crippen LogP) is 4.79. The van der Waals surface area contributed by atoms with Crippen molar-refractivity contribution in [1.82, 2.24) is 0 Å². The third-order valence-electron chi connectivity index (χ3n) is 2.14. The first-order valence-electron chi connectivity index (χ1n) is 7.62. The fourth-order valence-electron chi connectivity index (χ4n) is 1.99. The van der Waals surface area contributed by atoms with Crippen LogP contribution in [0.25, 0.3) is 4.85 Å². The Labute approximate surface area is 135 Å². The number of hydrogen-bond acceptors (Lipinski definition) is 3. The summed E-state index contributed by atoms with van der Waals surface area (Å²) in [5, 5.41) is 0. The number of hydrogen-bond donors (Lipinski definition) is 0. The molecule has 0 N–H and O–H groups in total. The van der Waals surface area contributed by atoms with E-state index < -0.39 is 33.8 Å². The van der Waals surface area contributed by atoms with E-state index in [-0.39, 0.29) is 0 Å². The Morgan fingerprint density at radius 3 is 1.29 bits per heavy atom. The van der Waals surface area contributed by atoms with Crippen molar-refractivity contribution in [3.05, 3.63) is 11.4 Å². The molecule has 0 atom stereocenters. The predicted molar refractivity (Wildman–Crippen MR) is 99.9 cm³/mol. The monoisotopic (exact) mass is 363 g/mol. The van der Waals surface area contributed by atoms with E-state index in [1.807, 2.05) is 0 Å². The molecular weight excluding hydrogens is 330 g/mol. The molecule has 0 unspecified atom stereocenters. The minimum atomic E-state index is -2.70. The zero-order valence-electron chi connectivity index (χ0n) is 15.3. The van der Waals surface area contributed by atoms with Gasteiger partial charge in [-0.25, -0.2) is 6.57 Å². The van der Waals surface area contributed by atoms with Crippen LogP contribution in [0.4, 0.5) is 0 Å².